The summed E-state index contributed by atoms with van der Waals surface area (Å²) >= 11 is 0. The highest BCUT2D eigenvalue weighted by molar-refractivity contribution is 7.89. The normalized spacial score (nSPS) is 18.5. The molecule has 1 unspecified atom stereocenters. The fourth-order valence-corrected chi connectivity index (χ4v) is 4.60. The Morgan fingerprint density at radius 1 is 1.15 bits per heavy atom. The molecule has 1 aliphatic heterocycles. The quantitative estimate of drug-likeness (QED) is 0.795. The largest absolute Gasteiger partial charge is 0.496 e. The lowest BCUT2D eigenvalue weighted by Gasteiger charge is -2.31. The highest BCUT2D eigenvalue weighted by Gasteiger charge is 2.31. The van der Waals surface area contributed by atoms with Gasteiger partial charge in [0.15, 0.2) is 0 Å². The number of rotatable bonds is 5. The third-order valence-corrected chi connectivity index (χ3v) is 6.27. The standard InChI is InChI=1S/C18H23N3O4S/c1-13-11-16(7-8-17(13)24-3)26(22,23)21-10-4-5-15(12-21)25-18-9-6-14(2)19-20-18/h6-9,11,15H,4-5,10,12H2,1-3H3. The number of piperidine rings is 1. The third kappa shape index (κ3) is 3.96. The van der Waals surface area contributed by atoms with E-state index in [0.717, 1.165) is 24.1 Å². The second-order valence-corrected chi connectivity index (χ2v) is 8.33. The van der Waals surface area contributed by atoms with Crippen molar-refractivity contribution in [2.75, 3.05) is 20.2 Å². The minimum atomic E-state index is -3.58. The smallest absolute Gasteiger partial charge is 0.243 e. The van der Waals surface area contributed by atoms with Gasteiger partial charge in [0, 0.05) is 12.6 Å². The molecule has 0 bridgehead atoms. The summed E-state index contributed by atoms with van der Waals surface area (Å²) in [5.74, 6) is 1.09. The zero-order chi connectivity index (χ0) is 18.7. The summed E-state index contributed by atoms with van der Waals surface area (Å²) in [6.07, 6.45) is 1.27. The van der Waals surface area contributed by atoms with Gasteiger partial charge in [-0.25, -0.2) is 8.42 Å². The lowest BCUT2D eigenvalue weighted by Crippen LogP contribution is -2.44. The molecule has 0 radical (unpaired) electrons. The number of benzene rings is 1. The molecule has 0 amide bonds. The summed E-state index contributed by atoms with van der Waals surface area (Å²) in [4.78, 5) is 0.270. The molecule has 3 rings (SSSR count). The summed E-state index contributed by atoms with van der Waals surface area (Å²) < 4.78 is 38.5. The Morgan fingerprint density at radius 2 is 1.96 bits per heavy atom. The molecule has 140 valence electrons. The summed E-state index contributed by atoms with van der Waals surface area (Å²) in [7, 11) is -2.01. The van der Waals surface area contributed by atoms with Crippen LogP contribution in [0, 0.1) is 13.8 Å². The maximum atomic E-state index is 13.0. The second kappa shape index (κ2) is 7.59. The average Bonchev–Trinajstić information content (AvgIpc) is 2.64. The average molecular weight is 377 g/mol. The topological polar surface area (TPSA) is 81.6 Å². The van der Waals surface area contributed by atoms with Crippen molar-refractivity contribution in [2.24, 2.45) is 0 Å². The maximum Gasteiger partial charge on any atom is 0.243 e. The molecular formula is C18H23N3O4S. The first-order valence-electron chi connectivity index (χ1n) is 8.52. The van der Waals surface area contributed by atoms with Gasteiger partial charge in [0.25, 0.3) is 0 Å². The van der Waals surface area contributed by atoms with Crippen LogP contribution in [0.2, 0.25) is 0 Å². The van der Waals surface area contributed by atoms with Crippen molar-refractivity contribution in [1.29, 1.82) is 0 Å². The minimum Gasteiger partial charge on any atom is -0.496 e. The first-order chi connectivity index (χ1) is 12.4. The molecule has 7 nitrogen and oxygen atoms in total. The first-order valence-corrected chi connectivity index (χ1v) is 9.96. The number of nitrogens with zero attached hydrogens (tertiary/aromatic N) is 3. The zero-order valence-corrected chi connectivity index (χ0v) is 16.0. The number of aromatic nitrogens is 2. The summed E-state index contributed by atoms with van der Waals surface area (Å²) in [5.41, 5.74) is 1.59. The maximum absolute atomic E-state index is 13.0. The fourth-order valence-electron chi connectivity index (χ4n) is 3.00. The Kier molecular flexibility index (Phi) is 5.43. The van der Waals surface area contributed by atoms with Crippen molar-refractivity contribution in [3.63, 3.8) is 0 Å². The van der Waals surface area contributed by atoms with Crippen molar-refractivity contribution in [3.05, 3.63) is 41.6 Å². The SMILES string of the molecule is COc1ccc(S(=O)(=O)N2CCCC(Oc3ccc(C)nn3)C2)cc1C. The van der Waals surface area contributed by atoms with E-state index in [1.807, 2.05) is 19.9 Å². The van der Waals surface area contributed by atoms with Gasteiger partial charge in [0.2, 0.25) is 15.9 Å². The summed E-state index contributed by atoms with van der Waals surface area (Å²) in [5, 5.41) is 7.96. The van der Waals surface area contributed by atoms with Crippen LogP contribution < -0.4 is 9.47 Å². The molecule has 1 aromatic carbocycles. The highest BCUT2D eigenvalue weighted by atomic mass is 32.2. The Balaban J connectivity index is 1.75. The van der Waals surface area contributed by atoms with Gasteiger partial charge >= 0.3 is 0 Å². The van der Waals surface area contributed by atoms with Crippen LogP contribution in [-0.4, -0.2) is 49.2 Å². The van der Waals surface area contributed by atoms with Crippen LogP contribution in [0.3, 0.4) is 0 Å². The van der Waals surface area contributed by atoms with Crippen LogP contribution >= 0.6 is 0 Å². The number of hydrogen-bond donors (Lipinski definition) is 0. The Morgan fingerprint density at radius 3 is 2.62 bits per heavy atom. The van der Waals surface area contributed by atoms with Crippen LogP contribution in [0.25, 0.3) is 0 Å². The van der Waals surface area contributed by atoms with Gasteiger partial charge in [0.05, 0.1) is 24.2 Å². The minimum absolute atomic E-state index is 0.241. The number of ether oxygens (including phenoxy) is 2. The Labute approximate surface area is 154 Å². The van der Waals surface area contributed by atoms with Gasteiger partial charge in [-0.1, -0.05) is 0 Å². The van der Waals surface area contributed by atoms with Crippen molar-refractivity contribution < 1.29 is 17.9 Å². The lowest BCUT2D eigenvalue weighted by atomic mass is 10.1. The van der Waals surface area contributed by atoms with E-state index in [0.29, 0.717) is 24.7 Å². The van der Waals surface area contributed by atoms with Crippen molar-refractivity contribution in [1.82, 2.24) is 14.5 Å². The van der Waals surface area contributed by atoms with E-state index in [1.165, 1.54) is 4.31 Å². The molecule has 26 heavy (non-hydrogen) atoms. The second-order valence-electron chi connectivity index (χ2n) is 6.39. The molecular weight excluding hydrogens is 354 g/mol. The molecule has 8 heteroatoms. The van der Waals surface area contributed by atoms with Crippen molar-refractivity contribution >= 4 is 10.0 Å². The summed E-state index contributed by atoms with van der Waals surface area (Å²) in [6, 6.07) is 8.48. The predicted molar refractivity (Wildman–Crippen MR) is 96.9 cm³/mol. The summed E-state index contributed by atoms with van der Waals surface area (Å²) in [6.45, 7) is 4.45. The van der Waals surface area contributed by atoms with E-state index in [4.69, 9.17) is 9.47 Å². The molecule has 2 heterocycles. The van der Waals surface area contributed by atoms with Crippen LogP contribution in [0.1, 0.15) is 24.1 Å². The number of sulfonamides is 1. The van der Waals surface area contributed by atoms with Crippen LogP contribution in [0.4, 0.5) is 0 Å². The molecule has 1 fully saturated rings. The van der Waals surface area contributed by atoms with E-state index >= 15 is 0 Å². The van der Waals surface area contributed by atoms with Crippen molar-refractivity contribution in [2.45, 2.75) is 37.7 Å². The number of aryl methyl sites for hydroxylation is 2. The molecule has 0 aliphatic carbocycles. The van der Waals surface area contributed by atoms with Crippen LogP contribution in [0.5, 0.6) is 11.6 Å². The van der Waals surface area contributed by atoms with Gasteiger partial charge in [-0.2, -0.15) is 9.40 Å². The molecule has 1 atom stereocenters. The molecule has 1 saturated heterocycles. The molecule has 0 N–H and O–H groups in total. The fraction of sp³-hybridized carbons (Fsp3) is 0.444. The van der Waals surface area contributed by atoms with E-state index < -0.39 is 10.0 Å². The molecule has 1 aromatic heterocycles. The molecule has 0 saturated carbocycles. The van der Waals surface area contributed by atoms with Gasteiger partial charge in [-0.05, 0) is 56.5 Å². The first kappa shape index (κ1) is 18.6. The van der Waals surface area contributed by atoms with Crippen LogP contribution in [-0.2, 0) is 10.0 Å². The van der Waals surface area contributed by atoms with E-state index in [9.17, 15) is 8.42 Å². The van der Waals surface area contributed by atoms with Gasteiger partial charge in [0.1, 0.15) is 11.9 Å². The Hall–Kier alpha value is -2.19. The van der Waals surface area contributed by atoms with Gasteiger partial charge in [-0.15, -0.1) is 5.10 Å². The third-order valence-electron chi connectivity index (χ3n) is 4.41. The Bertz CT molecular complexity index is 869. The van der Waals surface area contributed by atoms with Gasteiger partial charge < -0.3 is 9.47 Å². The van der Waals surface area contributed by atoms with Crippen molar-refractivity contribution in [3.8, 4) is 11.6 Å². The monoisotopic (exact) mass is 377 g/mol. The highest BCUT2D eigenvalue weighted by Crippen LogP contribution is 2.26. The van der Waals surface area contributed by atoms with E-state index in [2.05, 4.69) is 10.2 Å². The van der Waals surface area contributed by atoms with Crippen LogP contribution in [0.15, 0.2) is 35.2 Å². The molecule has 2 aromatic rings. The van der Waals surface area contributed by atoms with Gasteiger partial charge in [-0.3, -0.25) is 0 Å². The number of hydrogen-bond acceptors (Lipinski definition) is 6. The predicted octanol–water partition coefficient (Wildman–Crippen LogP) is 2.33. The lowest BCUT2D eigenvalue weighted by molar-refractivity contribution is 0.123. The number of methoxy groups -OCH3 is 1. The zero-order valence-electron chi connectivity index (χ0n) is 15.2. The molecule has 0 spiro atoms. The van der Waals surface area contributed by atoms with E-state index in [-0.39, 0.29) is 11.0 Å². The van der Waals surface area contributed by atoms with E-state index in [1.54, 1.807) is 31.4 Å². The molecule has 1 aliphatic rings.